The van der Waals surface area contributed by atoms with Gasteiger partial charge in [0.2, 0.25) is 5.91 Å². The highest BCUT2D eigenvalue weighted by molar-refractivity contribution is 5.97. The molecule has 2 aromatic carbocycles. The Kier molecular flexibility index (Phi) is 7.13. The van der Waals surface area contributed by atoms with Crippen molar-refractivity contribution in [3.63, 3.8) is 0 Å². The predicted octanol–water partition coefficient (Wildman–Crippen LogP) is 3.90. The average molecular weight is 504 g/mol. The molecule has 0 aliphatic carbocycles. The molecule has 2 N–H and O–H groups in total. The van der Waals surface area contributed by atoms with Crippen molar-refractivity contribution in [2.45, 2.75) is 38.8 Å². The number of carbonyl (C=O) groups is 1. The zero-order valence-corrected chi connectivity index (χ0v) is 21.0. The van der Waals surface area contributed by atoms with E-state index in [1.54, 1.807) is 13.3 Å². The van der Waals surface area contributed by atoms with E-state index in [-0.39, 0.29) is 24.5 Å². The van der Waals surface area contributed by atoms with E-state index in [0.717, 1.165) is 23.2 Å². The lowest BCUT2D eigenvalue weighted by molar-refractivity contribution is -0.116. The summed E-state index contributed by atoms with van der Waals surface area (Å²) in [5.41, 5.74) is 3.01. The van der Waals surface area contributed by atoms with Crippen LogP contribution in [-0.2, 0) is 16.1 Å². The lowest BCUT2D eigenvalue weighted by atomic mass is 10.2. The smallest absolute Gasteiger partial charge is 0.246 e. The summed E-state index contributed by atoms with van der Waals surface area (Å²) in [7, 11) is 1.61. The Labute approximate surface area is 214 Å². The number of benzene rings is 2. The van der Waals surface area contributed by atoms with Crippen LogP contribution < -0.4 is 20.1 Å². The number of methoxy groups -OCH3 is 1. The highest BCUT2D eigenvalue weighted by Crippen LogP contribution is 2.36. The number of ether oxygens (including phenoxy) is 3. The molecule has 0 bridgehead atoms. The van der Waals surface area contributed by atoms with Crippen molar-refractivity contribution in [3.8, 4) is 11.5 Å². The SMILES string of the molecule is COc1cc(O[C@H]2CCOC2)cc2ncnc(Nc3ccc(NC(=O)Cn4cc(C(C)C)nn4)cc3)c12. The van der Waals surface area contributed by atoms with Crippen molar-refractivity contribution < 1.29 is 19.0 Å². The van der Waals surface area contributed by atoms with Gasteiger partial charge in [0.05, 0.1) is 36.9 Å². The van der Waals surface area contributed by atoms with E-state index < -0.39 is 0 Å². The summed E-state index contributed by atoms with van der Waals surface area (Å²) >= 11 is 0. The van der Waals surface area contributed by atoms with Gasteiger partial charge in [-0.3, -0.25) is 4.79 Å². The number of aromatic nitrogens is 5. The summed E-state index contributed by atoms with van der Waals surface area (Å²) in [6.07, 6.45) is 4.16. The maximum Gasteiger partial charge on any atom is 0.246 e. The van der Waals surface area contributed by atoms with E-state index in [4.69, 9.17) is 14.2 Å². The fourth-order valence-electron chi connectivity index (χ4n) is 4.03. The molecule has 1 fully saturated rings. The summed E-state index contributed by atoms with van der Waals surface area (Å²) in [4.78, 5) is 21.3. The van der Waals surface area contributed by atoms with Crippen molar-refractivity contribution in [1.29, 1.82) is 0 Å². The normalized spacial score (nSPS) is 15.2. The van der Waals surface area contributed by atoms with E-state index >= 15 is 0 Å². The number of rotatable bonds is 9. The summed E-state index contributed by atoms with van der Waals surface area (Å²) < 4.78 is 18.6. The quantitative estimate of drug-likeness (QED) is 0.350. The monoisotopic (exact) mass is 503 g/mol. The van der Waals surface area contributed by atoms with Crippen molar-refractivity contribution in [2.24, 2.45) is 0 Å². The van der Waals surface area contributed by atoms with Crippen molar-refractivity contribution in [2.75, 3.05) is 31.0 Å². The number of amides is 1. The molecule has 37 heavy (non-hydrogen) atoms. The molecule has 1 aliphatic rings. The maximum absolute atomic E-state index is 12.4. The molecule has 1 atom stereocenters. The lowest BCUT2D eigenvalue weighted by Gasteiger charge is -2.16. The van der Waals surface area contributed by atoms with Crippen molar-refractivity contribution in [1.82, 2.24) is 25.0 Å². The molecule has 4 aromatic rings. The minimum Gasteiger partial charge on any atom is -0.496 e. The Morgan fingerprint density at radius 2 is 2.00 bits per heavy atom. The van der Waals surface area contributed by atoms with Crippen LogP contribution in [0.3, 0.4) is 0 Å². The molecule has 11 heteroatoms. The Hall–Kier alpha value is -4.25. The molecule has 5 rings (SSSR count). The average Bonchev–Trinajstić information content (AvgIpc) is 3.57. The molecule has 2 aromatic heterocycles. The van der Waals surface area contributed by atoms with Gasteiger partial charge < -0.3 is 24.8 Å². The first kappa shape index (κ1) is 24.4. The molecular formula is C26H29N7O4. The topological polar surface area (TPSA) is 125 Å². The second-order valence-corrected chi connectivity index (χ2v) is 9.09. The van der Waals surface area contributed by atoms with Crippen LogP contribution in [0.2, 0.25) is 0 Å². The molecule has 0 saturated carbocycles. The number of nitrogens with zero attached hydrogens (tertiary/aromatic N) is 5. The first-order valence-corrected chi connectivity index (χ1v) is 12.1. The van der Waals surface area contributed by atoms with Crippen LogP contribution in [-0.4, -0.2) is 57.3 Å². The molecule has 1 saturated heterocycles. The van der Waals surface area contributed by atoms with Gasteiger partial charge in [0.1, 0.15) is 36.3 Å². The van der Waals surface area contributed by atoms with E-state index in [9.17, 15) is 4.79 Å². The van der Waals surface area contributed by atoms with Gasteiger partial charge in [0.25, 0.3) is 0 Å². The largest absolute Gasteiger partial charge is 0.496 e. The van der Waals surface area contributed by atoms with Gasteiger partial charge in [0, 0.05) is 36.1 Å². The zero-order chi connectivity index (χ0) is 25.8. The molecule has 11 nitrogen and oxygen atoms in total. The third-order valence-electron chi connectivity index (χ3n) is 5.97. The molecule has 0 unspecified atom stereocenters. The number of fused-ring (bicyclic) bond motifs is 1. The highest BCUT2D eigenvalue weighted by atomic mass is 16.5. The van der Waals surface area contributed by atoms with Gasteiger partial charge >= 0.3 is 0 Å². The molecule has 1 aliphatic heterocycles. The Balaban J connectivity index is 1.28. The van der Waals surface area contributed by atoms with Gasteiger partial charge in [-0.15, -0.1) is 5.10 Å². The summed E-state index contributed by atoms with van der Waals surface area (Å²) in [6.45, 7) is 5.43. The molecule has 1 amide bonds. The van der Waals surface area contributed by atoms with E-state index in [1.165, 1.54) is 11.0 Å². The van der Waals surface area contributed by atoms with E-state index in [1.807, 2.05) is 50.2 Å². The van der Waals surface area contributed by atoms with Crippen LogP contribution >= 0.6 is 0 Å². The summed E-state index contributed by atoms with van der Waals surface area (Å²) in [6, 6.07) is 11.1. The standard InChI is InChI=1S/C26H29N7O4/c1-16(2)22-12-33(32-31-22)13-24(34)29-17-4-6-18(7-5-17)30-26-25-21(27-15-28-26)10-20(11-23(25)35-3)37-19-8-9-36-14-19/h4-7,10-12,15-16,19H,8-9,13-14H2,1-3H3,(H,29,34)(H,27,28,30)/t19-/m0/s1. The van der Waals surface area contributed by atoms with Crippen LogP contribution in [0.4, 0.5) is 17.2 Å². The lowest BCUT2D eigenvalue weighted by Crippen LogP contribution is -2.19. The number of anilines is 3. The number of carbonyl (C=O) groups excluding carboxylic acids is 1. The van der Waals surface area contributed by atoms with Crippen molar-refractivity contribution >= 4 is 34.0 Å². The fourth-order valence-corrected chi connectivity index (χ4v) is 4.03. The van der Waals surface area contributed by atoms with E-state index in [2.05, 4.69) is 30.9 Å². The van der Waals surface area contributed by atoms with Crippen LogP contribution in [0.1, 0.15) is 31.9 Å². The first-order valence-electron chi connectivity index (χ1n) is 12.1. The van der Waals surface area contributed by atoms with Crippen LogP contribution in [0, 0.1) is 0 Å². The maximum atomic E-state index is 12.4. The number of hydrogen-bond donors (Lipinski definition) is 2. The van der Waals surface area contributed by atoms with Gasteiger partial charge in [-0.2, -0.15) is 0 Å². The summed E-state index contributed by atoms with van der Waals surface area (Å²) in [5.74, 6) is 1.95. The Bertz CT molecular complexity index is 1380. The second kappa shape index (κ2) is 10.8. The Morgan fingerprint density at radius 3 is 2.70 bits per heavy atom. The highest BCUT2D eigenvalue weighted by Gasteiger charge is 2.19. The molecule has 0 spiro atoms. The number of hydrogen-bond acceptors (Lipinski definition) is 9. The Morgan fingerprint density at radius 1 is 1.19 bits per heavy atom. The van der Waals surface area contributed by atoms with Crippen LogP contribution in [0.5, 0.6) is 11.5 Å². The molecule has 3 heterocycles. The zero-order valence-electron chi connectivity index (χ0n) is 21.0. The number of nitrogens with one attached hydrogen (secondary N) is 2. The van der Waals surface area contributed by atoms with E-state index in [0.29, 0.717) is 41.7 Å². The third kappa shape index (κ3) is 5.78. The minimum absolute atomic E-state index is 0.0225. The van der Waals surface area contributed by atoms with Crippen LogP contribution in [0.15, 0.2) is 48.9 Å². The third-order valence-corrected chi connectivity index (χ3v) is 5.97. The first-order chi connectivity index (χ1) is 18.0. The fraction of sp³-hybridized carbons (Fsp3) is 0.346. The van der Waals surface area contributed by atoms with Gasteiger partial charge in [-0.05, 0) is 30.2 Å². The minimum atomic E-state index is -0.186. The second-order valence-electron chi connectivity index (χ2n) is 9.09. The molecule has 192 valence electrons. The van der Waals surface area contributed by atoms with Crippen molar-refractivity contribution in [3.05, 3.63) is 54.6 Å². The summed E-state index contributed by atoms with van der Waals surface area (Å²) in [5, 5.41) is 15.0. The van der Waals surface area contributed by atoms with Gasteiger partial charge in [0.15, 0.2) is 0 Å². The van der Waals surface area contributed by atoms with Gasteiger partial charge in [-0.1, -0.05) is 19.1 Å². The predicted molar refractivity (Wildman–Crippen MR) is 138 cm³/mol. The van der Waals surface area contributed by atoms with Crippen LogP contribution in [0.25, 0.3) is 10.9 Å². The molecular weight excluding hydrogens is 474 g/mol. The molecule has 0 radical (unpaired) electrons. The van der Waals surface area contributed by atoms with Gasteiger partial charge in [-0.25, -0.2) is 14.6 Å².